The van der Waals surface area contributed by atoms with Gasteiger partial charge >= 0.3 is 0 Å². The van der Waals surface area contributed by atoms with Crippen LogP contribution >= 0.6 is 0 Å². The Bertz CT molecular complexity index is 277. The first-order valence-corrected chi connectivity index (χ1v) is 6.05. The zero-order valence-corrected chi connectivity index (χ0v) is 9.68. The normalized spacial score (nSPS) is 17.1. The van der Waals surface area contributed by atoms with Crippen molar-refractivity contribution in [2.45, 2.75) is 45.1 Å². The van der Waals surface area contributed by atoms with Crippen molar-refractivity contribution in [3.63, 3.8) is 0 Å². The summed E-state index contributed by atoms with van der Waals surface area (Å²) in [4.78, 5) is 10.9. The smallest absolute Gasteiger partial charge is 0.162 e. The van der Waals surface area contributed by atoms with Gasteiger partial charge in [0.1, 0.15) is 11.0 Å². The molecular weight excluding hydrogens is 188 g/mol. The molecule has 0 saturated heterocycles. The molecule has 2 unspecified atom stereocenters. The Morgan fingerprint density at radius 3 is 1.69 bits per heavy atom. The largest absolute Gasteiger partial charge is 0.299 e. The van der Waals surface area contributed by atoms with E-state index in [1.54, 1.807) is 6.92 Å². The minimum atomic E-state index is -3.29. The molecule has 0 fully saturated rings. The quantitative estimate of drug-likeness (QED) is 0.699. The van der Waals surface area contributed by atoms with Crippen LogP contribution in [-0.2, 0) is 14.6 Å². The van der Waals surface area contributed by atoms with E-state index in [1.807, 2.05) is 13.8 Å². The Morgan fingerprint density at radius 2 is 1.46 bits per heavy atom. The van der Waals surface area contributed by atoms with Crippen molar-refractivity contribution >= 4 is 15.6 Å². The molecular formula is C9H18O3S. The molecule has 0 aromatic rings. The highest BCUT2D eigenvalue weighted by molar-refractivity contribution is 7.93. The molecule has 3 nitrogen and oxygen atoms in total. The summed E-state index contributed by atoms with van der Waals surface area (Å²) in [7, 11) is -3.29. The number of ketones is 1. The molecule has 0 radical (unpaired) electrons. The second-order valence-electron chi connectivity index (χ2n) is 3.79. The minimum absolute atomic E-state index is 0.0480. The lowest BCUT2D eigenvalue weighted by molar-refractivity contribution is -0.116. The lowest BCUT2D eigenvalue weighted by Crippen LogP contribution is -2.35. The van der Waals surface area contributed by atoms with Crippen molar-refractivity contribution in [3.05, 3.63) is 0 Å². The van der Waals surface area contributed by atoms with Gasteiger partial charge in [0.15, 0.2) is 9.84 Å². The van der Waals surface area contributed by atoms with E-state index in [2.05, 4.69) is 0 Å². The molecule has 0 amide bonds. The van der Waals surface area contributed by atoms with Crippen LogP contribution in [0.5, 0.6) is 0 Å². The van der Waals surface area contributed by atoms with E-state index < -0.39 is 20.3 Å². The Kier molecular flexibility index (Phi) is 4.10. The van der Waals surface area contributed by atoms with E-state index in [0.29, 0.717) is 0 Å². The molecule has 0 heterocycles. The first-order chi connectivity index (χ1) is 5.71. The summed E-state index contributed by atoms with van der Waals surface area (Å²) in [5.41, 5.74) is 0. The van der Waals surface area contributed by atoms with Gasteiger partial charge in [-0.3, -0.25) is 4.79 Å². The summed E-state index contributed by atoms with van der Waals surface area (Å²) in [5, 5.41) is -1.32. The fourth-order valence-corrected chi connectivity index (χ4v) is 2.80. The highest BCUT2D eigenvalue weighted by atomic mass is 32.2. The minimum Gasteiger partial charge on any atom is -0.299 e. The van der Waals surface area contributed by atoms with Gasteiger partial charge in [-0.25, -0.2) is 8.42 Å². The van der Waals surface area contributed by atoms with Gasteiger partial charge in [-0.15, -0.1) is 0 Å². The van der Waals surface area contributed by atoms with E-state index >= 15 is 0 Å². The van der Waals surface area contributed by atoms with Gasteiger partial charge in [-0.1, -0.05) is 13.8 Å². The van der Waals surface area contributed by atoms with E-state index in [9.17, 15) is 13.2 Å². The van der Waals surface area contributed by atoms with Gasteiger partial charge < -0.3 is 0 Å². The average Bonchev–Trinajstić information content (AvgIpc) is 2.01. The molecule has 0 rings (SSSR count). The van der Waals surface area contributed by atoms with E-state index in [4.69, 9.17) is 0 Å². The third kappa shape index (κ3) is 2.79. The lowest BCUT2D eigenvalue weighted by atomic mass is 10.2. The maximum absolute atomic E-state index is 11.7. The van der Waals surface area contributed by atoms with Crippen molar-refractivity contribution in [1.29, 1.82) is 0 Å². The van der Waals surface area contributed by atoms with Crippen LogP contribution < -0.4 is 0 Å². The summed E-state index contributed by atoms with van der Waals surface area (Å²) in [6.07, 6.45) is 0. The highest BCUT2D eigenvalue weighted by Crippen LogP contribution is 2.17. The van der Waals surface area contributed by atoms with Crippen LogP contribution in [0.4, 0.5) is 0 Å². The molecule has 0 bridgehead atoms. The number of hydrogen-bond acceptors (Lipinski definition) is 3. The fraction of sp³-hybridized carbons (Fsp3) is 0.889. The first kappa shape index (κ1) is 12.6. The molecule has 78 valence electrons. The molecule has 4 heteroatoms. The van der Waals surface area contributed by atoms with Crippen molar-refractivity contribution in [1.82, 2.24) is 0 Å². The van der Waals surface area contributed by atoms with Crippen LogP contribution in [0.15, 0.2) is 0 Å². The molecule has 13 heavy (non-hydrogen) atoms. The SMILES string of the molecule is CC(=O)C(C)S(=O)(=O)C(C)C(C)C. The summed E-state index contributed by atoms with van der Waals surface area (Å²) in [5.74, 6) is -0.237. The Balaban J connectivity index is 4.88. The third-order valence-electron chi connectivity index (χ3n) is 2.52. The lowest BCUT2D eigenvalue weighted by Gasteiger charge is -2.19. The molecule has 0 aliphatic carbocycles. The van der Waals surface area contributed by atoms with Crippen LogP contribution in [0.3, 0.4) is 0 Å². The van der Waals surface area contributed by atoms with Crippen molar-refractivity contribution in [3.8, 4) is 0 Å². The maximum Gasteiger partial charge on any atom is 0.162 e. The van der Waals surface area contributed by atoms with Crippen molar-refractivity contribution < 1.29 is 13.2 Å². The van der Waals surface area contributed by atoms with Gasteiger partial charge in [0.2, 0.25) is 0 Å². The number of rotatable bonds is 4. The molecule has 0 N–H and O–H groups in total. The Hall–Kier alpha value is -0.380. The molecule has 0 aromatic carbocycles. The van der Waals surface area contributed by atoms with E-state index in [0.717, 1.165) is 0 Å². The van der Waals surface area contributed by atoms with E-state index in [-0.39, 0.29) is 11.7 Å². The maximum atomic E-state index is 11.7. The number of carbonyl (C=O) groups excluding carboxylic acids is 1. The predicted octanol–water partition coefficient (Wildman–Crippen LogP) is 1.42. The van der Waals surface area contributed by atoms with E-state index in [1.165, 1.54) is 13.8 Å². The number of carbonyl (C=O) groups is 1. The highest BCUT2D eigenvalue weighted by Gasteiger charge is 2.32. The van der Waals surface area contributed by atoms with Gasteiger partial charge in [-0.2, -0.15) is 0 Å². The van der Waals surface area contributed by atoms with Gasteiger partial charge in [-0.05, 0) is 26.7 Å². The second-order valence-corrected chi connectivity index (χ2v) is 6.42. The zero-order chi connectivity index (χ0) is 10.8. The standard InChI is InChI=1S/C9H18O3S/c1-6(2)8(4)13(11,12)9(5)7(3)10/h6,8-9H,1-5H3. The Morgan fingerprint density at radius 1 is 1.08 bits per heavy atom. The molecule has 0 saturated carbocycles. The van der Waals surface area contributed by atoms with Crippen LogP contribution in [0.1, 0.15) is 34.6 Å². The van der Waals surface area contributed by atoms with Crippen LogP contribution in [-0.4, -0.2) is 24.7 Å². The van der Waals surface area contributed by atoms with Crippen LogP contribution in [0.2, 0.25) is 0 Å². The number of hydrogen-bond donors (Lipinski definition) is 0. The second kappa shape index (κ2) is 4.22. The molecule has 0 aliphatic heterocycles. The molecule has 2 atom stereocenters. The summed E-state index contributed by atoms with van der Waals surface area (Å²) in [6, 6.07) is 0. The Labute approximate surface area is 80.4 Å². The first-order valence-electron chi connectivity index (χ1n) is 4.44. The summed E-state index contributed by atoms with van der Waals surface area (Å²) >= 11 is 0. The predicted molar refractivity (Wildman–Crippen MR) is 53.4 cm³/mol. The average molecular weight is 206 g/mol. The summed E-state index contributed by atoms with van der Waals surface area (Å²) in [6.45, 7) is 8.11. The molecule has 0 aromatic heterocycles. The fourth-order valence-electron chi connectivity index (χ4n) is 0.933. The number of sulfone groups is 1. The van der Waals surface area contributed by atoms with Gasteiger partial charge in [0, 0.05) is 0 Å². The molecule has 0 spiro atoms. The van der Waals surface area contributed by atoms with Crippen molar-refractivity contribution in [2.75, 3.05) is 0 Å². The summed E-state index contributed by atoms with van der Waals surface area (Å²) < 4.78 is 23.4. The zero-order valence-electron chi connectivity index (χ0n) is 8.87. The topological polar surface area (TPSA) is 51.2 Å². The number of Topliss-reactive ketones (excluding diaryl/α,β-unsaturated/α-hetero) is 1. The van der Waals surface area contributed by atoms with Crippen LogP contribution in [0.25, 0.3) is 0 Å². The van der Waals surface area contributed by atoms with Crippen LogP contribution in [0, 0.1) is 5.92 Å². The third-order valence-corrected chi connectivity index (χ3v) is 5.42. The van der Waals surface area contributed by atoms with Crippen molar-refractivity contribution in [2.24, 2.45) is 5.92 Å². The van der Waals surface area contributed by atoms with Gasteiger partial charge in [0.25, 0.3) is 0 Å². The monoisotopic (exact) mass is 206 g/mol. The molecule has 0 aliphatic rings. The van der Waals surface area contributed by atoms with Gasteiger partial charge in [0.05, 0.1) is 5.25 Å².